The van der Waals surface area contributed by atoms with Gasteiger partial charge in [-0.15, -0.1) is 0 Å². The fourth-order valence-electron chi connectivity index (χ4n) is 2.23. The summed E-state index contributed by atoms with van der Waals surface area (Å²) in [4.78, 5) is 23.4. The first-order chi connectivity index (χ1) is 10.1. The Morgan fingerprint density at radius 3 is 3.14 bits per heavy atom. The lowest BCUT2D eigenvalue weighted by atomic mass is 10.2. The van der Waals surface area contributed by atoms with Crippen LogP contribution in [0.4, 0.5) is 5.82 Å². The van der Waals surface area contributed by atoms with Gasteiger partial charge in [0.15, 0.2) is 23.8 Å². The van der Waals surface area contributed by atoms with Crippen molar-refractivity contribution in [1.82, 2.24) is 19.5 Å². The predicted octanol–water partition coefficient (Wildman–Crippen LogP) is -0.380. The van der Waals surface area contributed by atoms with Gasteiger partial charge < -0.3 is 20.3 Å². The van der Waals surface area contributed by atoms with Gasteiger partial charge in [-0.3, -0.25) is 9.36 Å². The molecule has 21 heavy (non-hydrogen) atoms. The summed E-state index contributed by atoms with van der Waals surface area (Å²) < 4.78 is 12.2. The van der Waals surface area contributed by atoms with Crippen molar-refractivity contribution in [2.24, 2.45) is 0 Å². The molecule has 3 heterocycles. The Bertz CT molecular complexity index is 673. The minimum atomic E-state index is -1.01. The van der Waals surface area contributed by atoms with Gasteiger partial charge in [0, 0.05) is 6.42 Å². The van der Waals surface area contributed by atoms with Crippen molar-refractivity contribution in [3.8, 4) is 0 Å². The summed E-state index contributed by atoms with van der Waals surface area (Å²) >= 11 is 0. The Labute approximate surface area is 119 Å². The number of nitrogens with two attached hydrogens (primary N) is 1. The van der Waals surface area contributed by atoms with Crippen molar-refractivity contribution in [3.05, 3.63) is 12.7 Å². The van der Waals surface area contributed by atoms with E-state index in [0.29, 0.717) is 11.2 Å². The van der Waals surface area contributed by atoms with Gasteiger partial charge in [0.2, 0.25) is 0 Å². The summed E-state index contributed by atoms with van der Waals surface area (Å²) in [6.45, 7) is 1.79. The predicted molar refractivity (Wildman–Crippen MR) is 70.9 cm³/mol. The Morgan fingerprint density at radius 1 is 1.57 bits per heavy atom. The zero-order chi connectivity index (χ0) is 15.0. The Hall–Kier alpha value is -2.26. The monoisotopic (exact) mass is 293 g/mol. The van der Waals surface area contributed by atoms with Gasteiger partial charge in [-0.25, -0.2) is 15.0 Å². The van der Waals surface area contributed by atoms with Gasteiger partial charge >= 0.3 is 5.97 Å². The van der Waals surface area contributed by atoms with E-state index in [4.69, 9.17) is 15.2 Å². The molecule has 3 rings (SSSR count). The number of hydrogen-bond acceptors (Lipinski definition) is 8. The molecule has 0 radical (unpaired) electrons. The highest BCUT2D eigenvalue weighted by Gasteiger charge is 2.40. The highest BCUT2D eigenvalue weighted by Crippen LogP contribution is 2.29. The number of esters is 1. The molecule has 1 saturated heterocycles. The molecule has 112 valence electrons. The van der Waals surface area contributed by atoms with Crippen LogP contribution < -0.4 is 5.73 Å². The molecule has 3 atom stereocenters. The number of carbonyl (C=O) groups excluding carboxylic acids is 1. The van der Waals surface area contributed by atoms with Crippen molar-refractivity contribution in [2.45, 2.75) is 31.8 Å². The Morgan fingerprint density at radius 2 is 2.38 bits per heavy atom. The van der Waals surface area contributed by atoms with E-state index in [-0.39, 0.29) is 24.8 Å². The Kier molecular flexibility index (Phi) is 3.43. The summed E-state index contributed by atoms with van der Waals surface area (Å²) in [5, 5.41) is 10.3. The number of ether oxygens (including phenoxy) is 2. The number of imidazole rings is 1. The number of nitrogens with zero attached hydrogens (tertiary/aromatic N) is 4. The van der Waals surface area contributed by atoms with E-state index in [1.54, 1.807) is 11.5 Å². The van der Waals surface area contributed by atoms with Gasteiger partial charge in [-0.2, -0.15) is 0 Å². The smallest absolute Gasteiger partial charge is 0.305 e. The maximum absolute atomic E-state index is 11.3. The zero-order valence-corrected chi connectivity index (χ0v) is 11.3. The second kappa shape index (κ2) is 5.26. The Balaban J connectivity index is 1.87. The number of aromatic nitrogens is 4. The van der Waals surface area contributed by atoms with E-state index in [1.807, 2.05) is 0 Å². The second-order valence-corrected chi connectivity index (χ2v) is 4.68. The number of nitrogen functional groups attached to an aromatic ring is 1. The summed E-state index contributed by atoms with van der Waals surface area (Å²) in [5.41, 5.74) is 6.60. The molecule has 3 N–H and O–H groups in total. The maximum atomic E-state index is 11.3. The topological polar surface area (TPSA) is 125 Å². The van der Waals surface area contributed by atoms with E-state index in [2.05, 4.69) is 15.0 Å². The van der Waals surface area contributed by atoms with Crippen molar-refractivity contribution in [3.63, 3.8) is 0 Å². The number of aliphatic hydroxyl groups excluding tert-OH is 1. The second-order valence-electron chi connectivity index (χ2n) is 4.68. The van der Waals surface area contributed by atoms with E-state index >= 15 is 0 Å². The minimum absolute atomic E-state index is 0.109. The van der Waals surface area contributed by atoms with Crippen LogP contribution in [0.25, 0.3) is 11.2 Å². The molecule has 9 nitrogen and oxygen atoms in total. The molecule has 1 fully saturated rings. The lowest BCUT2D eigenvalue weighted by molar-refractivity contribution is -0.152. The van der Waals surface area contributed by atoms with Crippen LogP contribution in [0.2, 0.25) is 0 Å². The highest BCUT2D eigenvalue weighted by atomic mass is 16.6. The van der Waals surface area contributed by atoms with E-state index in [1.165, 1.54) is 12.7 Å². The number of fused-ring (bicyclic) bond motifs is 1. The van der Waals surface area contributed by atoms with Crippen LogP contribution in [-0.2, 0) is 14.3 Å². The van der Waals surface area contributed by atoms with Crippen molar-refractivity contribution in [1.29, 1.82) is 0 Å². The minimum Gasteiger partial charge on any atom is -0.457 e. The van der Waals surface area contributed by atoms with E-state index in [9.17, 15) is 9.90 Å². The molecule has 0 aliphatic carbocycles. The molecule has 9 heteroatoms. The third-order valence-corrected chi connectivity index (χ3v) is 3.34. The molecular weight excluding hydrogens is 278 g/mol. The van der Waals surface area contributed by atoms with Crippen LogP contribution in [0.1, 0.15) is 19.6 Å². The summed E-state index contributed by atoms with van der Waals surface area (Å²) in [5.74, 6) is -0.134. The largest absolute Gasteiger partial charge is 0.457 e. The lowest BCUT2D eigenvalue weighted by Crippen LogP contribution is -2.32. The number of anilines is 1. The lowest BCUT2D eigenvalue weighted by Gasteiger charge is -2.18. The fraction of sp³-hybridized carbons (Fsp3) is 0.500. The fourth-order valence-corrected chi connectivity index (χ4v) is 2.23. The molecule has 0 amide bonds. The third-order valence-electron chi connectivity index (χ3n) is 3.34. The van der Waals surface area contributed by atoms with Crippen molar-refractivity contribution in [2.75, 3.05) is 12.3 Å². The molecule has 1 aliphatic heterocycles. The van der Waals surface area contributed by atoms with Crippen LogP contribution in [0.5, 0.6) is 0 Å². The van der Waals surface area contributed by atoms with Crippen molar-refractivity contribution >= 4 is 23.0 Å². The zero-order valence-electron chi connectivity index (χ0n) is 11.3. The third kappa shape index (κ3) is 2.30. The number of aliphatic hydroxyl groups is 1. The first-order valence-corrected chi connectivity index (χ1v) is 6.54. The van der Waals surface area contributed by atoms with Gasteiger partial charge in [0.05, 0.1) is 12.9 Å². The molecule has 2 aromatic heterocycles. The number of carbonyl (C=O) groups is 1. The van der Waals surface area contributed by atoms with Crippen LogP contribution >= 0.6 is 0 Å². The molecule has 1 aliphatic rings. The van der Waals surface area contributed by atoms with Gasteiger partial charge in [-0.05, 0) is 0 Å². The SMILES string of the molecule is CCC(=O)OC1COC(n2cnc3c(N)ncnc32)C1O. The molecule has 3 unspecified atom stereocenters. The maximum Gasteiger partial charge on any atom is 0.305 e. The number of hydrogen-bond donors (Lipinski definition) is 2. The summed E-state index contributed by atoms with van der Waals surface area (Å²) in [6, 6.07) is 0. The van der Waals surface area contributed by atoms with E-state index < -0.39 is 18.4 Å². The van der Waals surface area contributed by atoms with Crippen LogP contribution in [-0.4, -0.2) is 49.4 Å². The van der Waals surface area contributed by atoms with Gasteiger partial charge in [0.25, 0.3) is 0 Å². The molecular formula is C12H15N5O4. The normalized spacial score (nSPS) is 25.3. The van der Waals surface area contributed by atoms with E-state index in [0.717, 1.165) is 0 Å². The molecule has 0 bridgehead atoms. The van der Waals surface area contributed by atoms with Crippen molar-refractivity contribution < 1.29 is 19.4 Å². The van der Waals surface area contributed by atoms with Crippen LogP contribution in [0.15, 0.2) is 12.7 Å². The standard InChI is InChI=1S/C12H15N5O4/c1-2-7(18)21-6-3-20-12(9(6)19)17-5-16-8-10(13)14-4-15-11(8)17/h4-6,9,12,19H,2-3H2,1H3,(H2,13,14,15). The first kappa shape index (κ1) is 13.7. The summed E-state index contributed by atoms with van der Waals surface area (Å²) in [7, 11) is 0. The van der Waals surface area contributed by atoms with Crippen LogP contribution in [0.3, 0.4) is 0 Å². The van der Waals surface area contributed by atoms with Crippen LogP contribution in [0, 0.1) is 0 Å². The molecule has 0 spiro atoms. The molecule has 2 aromatic rings. The highest BCUT2D eigenvalue weighted by molar-refractivity contribution is 5.81. The van der Waals surface area contributed by atoms with Gasteiger partial charge in [0.1, 0.15) is 17.9 Å². The number of rotatable bonds is 3. The quantitative estimate of drug-likeness (QED) is 0.733. The average Bonchev–Trinajstić information content (AvgIpc) is 3.04. The average molecular weight is 293 g/mol. The summed E-state index contributed by atoms with van der Waals surface area (Å²) in [6.07, 6.45) is 0.567. The molecule has 0 saturated carbocycles. The van der Waals surface area contributed by atoms with Gasteiger partial charge in [-0.1, -0.05) is 6.92 Å². The first-order valence-electron chi connectivity index (χ1n) is 6.54. The molecule has 0 aromatic carbocycles.